The zero-order chi connectivity index (χ0) is 18.0. The number of benzene rings is 1. The minimum Gasteiger partial charge on any atom is -0.393 e. The van der Waals surface area contributed by atoms with Gasteiger partial charge < -0.3 is 5.11 Å². The Hall–Kier alpha value is -1.74. The van der Waals surface area contributed by atoms with E-state index in [1.807, 2.05) is 13.0 Å². The van der Waals surface area contributed by atoms with Crippen LogP contribution in [0.4, 0.5) is 4.39 Å². The predicted octanol–water partition coefficient (Wildman–Crippen LogP) is 4.93. The fourth-order valence-electron chi connectivity index (χ4n) is 4.82. The predicted molar refractivity (Wildman–Crippen MR) is 98.4 cm³/mol. The molecule has 0 radical (unpaired) electrons. The number of Topliss-reactive ketones (excluding diaryl/α,β-unsaturated/α-hetero) is 1. The number of carbonyl (C=O) groups excluding carboxylic acids is 1. The number of fused-ring (bicyclic) bond motifs is 1. The van der Waals surface area contributed by atoms with Crippen molar-refractivity contribution in [3.8, 4) is 0 Å². The molecule has 2 saturated carbocycles. The second kappa shape index (κ2) is 7.25. The molecule has 2 aliphatic rings. The van der Waals surface area contributed by atoms with Gasteiger partial charge in [-0.25, -0.2) is 4.39 Å². The molecule has 2 aliphatic carbocycles. The van der Waals surface area contributed by atoms with Crippen LogP contribution in [0, 0.1) is 23.1 Å². The summed E-state index contributed by atoms with van der Waals surface area (Å²) in [5.41, 5.74) is 0.759. The number of carbonyl (C=O) groups is 1. The van der Waals surface area contributed by atoms with Crippen LogP contribution in [0.3, 0.4) is 0 Å². The number of aliphatic hydroxyl groups is 1. The van der Waals surface area contributed by atoms with Gasteiger partial charge >= 0.3 is 0 Å². The SMILES string of the molecule is C=CCC[C@H]1C(O)CC[C@@]2(C)C(=O)/C(=C/c3ccccc3F)CC[C@H]12. The Balaban J connectivity index is 1.88. The standard InChI is InChI=1S/C22H27FO2/c1-3-4-8-17-18-11-10-16(14-15-7-5-6-9-19(15)23)21(25)22(18,2)13-12-20(17)24/h3,5-7,9,14,17-18,20,24H,1,4,8,10-13H2,2H3/b16-14+/t17-,18-,20?,22-/m1/s1. The van der Waals surface area contributed by atoms with E-state index in [-0.39, 0.29) is 29.5 Å². The molecule has 1 aromatic rings. The summed E-state index contributed by atoms with van der Waals surface area (Å²) < 4.78 is 14.0. The van der Waals surface area contributed by atoms with Crippen LogP contribution in [0.25, 0.3) is 6.08 Å². The van der Waals surface area contributed by atoms with Crippen molar-refractivity contribution in [2.45, 2.75) is 51.6 Å². The van der Waals surface area contributed by atoms with Crippen molar-refractivity contribution in [3.63, 3.8) is 0 Å². The van der Waals surface area contributed by atoms with E-state index in [2.05, 4.69) is 6.58 Å². The molecule has 1 aromatic carbocycles. The highest BCUT2D eigenvalue weighted by molar-refractivity contribution is 6.04. The molecular weight excluding hydrogens is 315 g/mol. The lowest BCUT2D eigenvalue weighted by atomic mass is 9.53. The maximum Gasteiger partial charge on any atom is 0.165 e. The molecule has 0 aliphatic heterocycles. The Kier molecular flexibility index (Phi) is 5.24. The quantitative estimate of drug-likeness (QED) is 0.622. The van der Waals surface area contributed by atoms with Gasteiger partial charge in [-0.05, 0) is 68.1 Å². The topological polar surface area (TPSA) is 37.3 Å². The third kappa shape index (κ3) is 3.35. The monoisotopic (exact) mass is 342 g/mol. The normalized spacial score (nSPS) is 34.0. The van der Waals surface area contributed by atoms with E-state index in [0.717, 1.165) is 24.8 Å². The van der Waals surface area contributed by atoms with E-state index in [4.69, 9.17) is 0 Å². The molecule has 0 aromatic heterocycles. The number of aliphatic hydroxyl groups excluding tert-OH is 1. The molecule has 1 unspecified atom stereocenters. The Labute approximate surface area is 149 Å². The molecule has 2 nitrogen and oxygen atoms in total. The molecule has 3 rings (SSSR count). The number of ketones is 1. The van der Waals surface area contributed by atoms with Crippen LogP contribution in [-0.4, -0.2) is 17.0 Å². The highest BCUT2D eigenvalue weighted by atomic mass is 19.1. The van der Waals surface area contributed by atoms with Crippen molar-refractivity contribution in [2.24, 2.45) is 17.3 Å². The van der Waals surface area contributed by atoms with Crippen molar-refractivity contribution in [2.75, 3.05) is 0 Å². The maximum absolute atomic E-state index is 14.0. The lowest BCUT2D eigenvalue weighted by molar-refractivity contribution is -0.139. The highest BCUT2D eigenvalue weighted by Crippen LogP contribution is 2.53. The van der Waals surface area contributed by atoms with E-state index in [1.165, 1.54) is 6.07 Å². The summed E-state index contributed by atoms with van der Waals surface area (Å²) in [5, 5.41) is 10.5. The van der Waals surface area contributed by atoms with Crippen molar-refractivity contribution in [1.82, 2.24) is 0 Å². The highest BCUT2D eigenvalue weighted by Gasteiger charge is 2.52. The van der Waals surface area contributed by atoms with E-state index < -0.39 is 5.41 Å². The molecule has 2 fully saturated rings. The minimum absolute atomic E-state index is 0.141. The zero-order valence-electron chi connectivity index (χ0n) is 14.9. The van der Waals surface area contributed by atoms with Crippen LogP contribution in [0.5, 0.6) is 0 Å². The first kappa shape index (κ1) is 18.1. The lowest BCUT2D eigenvalue weighted by Gasteiger charge is -2.50. The smallest absolute Gasteiger partial charge is 0.165 e. The third-order valence-electron chi connectivity index (χ3n) is 6.26. The van der Waals surface area contributed by atoms with Crippen molar-refractivity contribution >= 4 is 11.9 Å². The Bertz CT molecular complexity index is 693. The van der Waals surface area contributed by atoms with E-state index in [0.29, 0.717) is 24.8 Å². The second-order valence-electron chi connectivity index (χ2n) is 7.72. The summed E-state index contributed by atoms with van der Waals surface area (Å²) in [7, 11) is 0. The van der Waals surface area contributed by atoms with Crippen LogP contribution in [0.2, 0.25) is 0 Å². The van der Waals surface area contributed by atoms with Gasteiger partial charge in [0.15, 0.2) is 5.78 Å². The molecule has 3 heteroatoms. The number of hydrogen-bond donors (Lipinski definition) is 1. The van der Waals surface area contributed by atoms with Gasteiger partial charge in [0.25, 0.3) is 0 Å². The molecule has 1 N–H and O–H groups in total. The Morgan fingerprint density at radius 1 is 1.36 bits per heavy atom. The van der Waals surface area contributed by atoms with Crippen molar-refractivity contribution < 1.29 is 14.3 Å². The molecule has 0 bridgehead atoms. The fraction of sp³-hybridized carbons (Fsp3) is 0.500. The Morgan fingerprint density at radius 2 is 2.12 bits per heavy atom. The van der Waals surface area contributed by atoms with Crippen LogP contribution in [-0.2, 0) is 4.79 Å². The number of halogens is 1. The summed E-state index contributed by atoms with van der Waals surface area (Å²) >= 11 is 0. The van der Waals surface area contributed by atoms with Gasteiger partial charge in [0, 0.05) is 11.0 Å². The van der Waals surface area contributed by atoms with Gasteiger partial charge in [-0.15, -0.1) is 6.58 Å². The first-order chi connectivity index (χ1) is 12.0. The summed E-state index contributed by atoms with van der Waals surface area (Å²) in [6.07, 6.45) is 7.92. The average molecular weight is 342 g/mol. The van der Waals surface area contributed by atoms with Crippen molar-refractivity contribution in [1.29, 1.82) is 0 Å². The van der Waals surface area contributed by atoms with Crippen LogP contribution < -0.4 is 0 Å². The minimum atomic E-state index is -0.444. The molecule has 0 spiro atoms. The fourth-order valence-corrected chi connectivity index (χ4v) is 4.82. The first-order valence-corrected chi connectivity index (χ1v) is 9.26. The maximum atomic E-state index is 14.0. The van der Waals surface area contributed by atoms with Gasteiger partial charge in [-0.3, -0.25) is 4.79 Å². The number of rotatable bonds is 4. The van der Waals surface area contributed by atoms with Crippen LogP contribution in [0.15, 0.2) is 42.5 Å². The Morgan fingerprint density at radius 3 is 2.84 bits per heavy atom. The van der Waals surface area contributed by atoms with Gasteiger partial charge in [0.05, 0.1) is 6.10 Å². The van der Waals surface area contributed by atoms with Crippen LogP contribution in [0.1, 0.15) is 51.0 Å². The molecule has 134 valence electrons. The van der Waals surface area contributed by atoms with E-state index >= 15 is 0 Å². The summed E-state index contributed by atoms with van der Waals surface area (Å²) in [5.74, 6) is 0.192. The lowest BCUT2D eigenvalue weighted by Crippen LogP contribution is -2.51. The zero-order valence-corrected chi connectivity index (χ0v) is 14.9. The van der Waals surface area contributed by atoms with Crippen LogP contribution >= 0.6 is 0 Å². The molecule has 0 amide bonds. The van der Waals surface area contributed by atoms with E-state index in [1.54, 1.807) is 24.3 Å². The van der Waals surface area contributed by atoms with Gasteiger partial charge in [0.1, 0.15) is 5.82 Å². The first-order valence-electron chi connectivity index (χ1n) is 9.26. The number of allylic oxidation sites excluding steroid dienone is 2. The summed E-state index contributed by atoms with van der Waals surface area (Å²) in [4.78, 5) is 13.2. The van der Waals surface area contributed by atoms with Crippen molar-refractivity contribution in [3.05, 3.63) is 53.9 Å². The van der Waals surface area contributed by atoms with Gasteiger partial charge in [-0.2, -0.15) is 0 Å². The molecule has 25 heavy (non-hydrogen) atoms. The number of hydrogen-bond acceptors (Lipinski definition) is 2. The molecule has 0 saturated heterocycles. The van der Waals surface area contributed by atoms with Gasteiger partial charge in [0.2, 0.25) is 0 Å². The molecular formula is C22H27FO2. The summed E-state index contributed by atoms with van der Waals surface area (Å²) in [6, 6.07) is 6.58. The van der Waals surface area contributed by atoms with E-state index in [9.17, 15) is 14.3 Å². The average Bonchev–Trinajstić information content (AvgIpc) is 2.60. The third-order valence-corrected chi connectivity index (χ3v) is 6.26. The summed E-state index contributed by atoms with van der Waals surface area (Å²) in [6.45, 7) is 5.82. The van der Waals surface area contributed by atoms with Gasteiger partial charge in [-0.1, -0.05) is 31.2 Å². The second-order valence-corrected chi connectivity index (χ2v) is 7.72. The molecule has 0 heterocycles. The molecule has 4 atom stereocenters. The largest absolute Gasteiger partial charge is 0.393 e.